The molecule has 0 atom stereocenters. The summed E-state index contributed by atoms with van der Waals surface area (Å²) in [6.45, 7) is 2.06. The molecule has 6 nitrogen and oxygen atoms in total. The maximum Gasteiger partial charge on any atom is 0.230 e. The SMILES string of the molecule is COc1cccc(-c2cnoc2N)c1OC1CCN(C)CC1. The van der Waals surface area contributed by atoms with Gasteiger partial charge in [-0.3, -0.25) is 0 Å². The molecule has 0 radical (unpaired) electrons. The number of anilines is 1. The van der Waals surface area contributed by atoms with Crippen molar-refractivity contribution < 1.29 is 14.0 Å². The smallest absolute Gasteiger partial charge is 0.230 e. The lowest BCUT2D eigenvalue weighted by atomic mass is 10.1. The molecule has 0 amide bonds. The highest BCUT2D eigenvalue weighted by Gasteiger charge is 2.23. The van der Waals surface area contributed by atoms with Crippen molar-refractivity contribution in [1.29, 1.82) is 0 Å². The van der Waals surface area contributed by atoms with Crippen molar-refractivity contribution >= 4 is 5.88 Å². The number of piperidine rings is 1. The number of aromatic nitrogens is 1. The maximum absolute atomic E-state index is 6.26. The van der Waals surface area contributed by atoms with Gasteiger partial charge in [0.1, 0.15) is 6.10 Å². The first kappa shape index (κ1) is 14.7. The lowest BCUT2D eigenvalue weighted by Crippen LogP contribution is -2.35. The number of nitrogen functional groups attached to an aromatic ring is 1. The number of hydrogen-bond donors (Lipinski definition) is 1. The minimum Gasteiger partial charge on any atom is -0.493 e. The van der Waals surface area contributed by atoms with Gasteiger partial charge >= 0.3 is 0 Å². The van der Waals surface area contributed by atoms with Gasteiger partial charge in [-0.15, -0.1) is 0 Å². The lowest BCUT2D eigenvalue weighted by molar-refractivity contribution is 0.111. The second kappa shape index (κ2) is 6.27. The van der Waals surface area contributed by atoms with E-state index in [1.165, 1.54) is 0 Å². The van der Waals surface area contributed by atoms with Crippen LogP contribution in [0, 0.1) is 0 Å². The standard InChI is InChI=1S/C16H21N3O3/c1-19-8-6-11(7-9-19)21-15-12(4-3-5-14(15)20-2)13-10-18-22-16(13)17/h3-5,10-11H,6-9,17H2,1-2H3. The Balaban J connectivity index is 1.93. The number of ether oxygens (including phenoxy) is 2. The predicted molar refractivity (Wildman–Crippen MR) is 84.1 cm³/mol. The van der Waals surface area contributed by atoms with Crippen LogP contribution in [-0.2, 0) is 0 Å². The van der Waals surface area contributed by atoms with E-state index in [0.29, 0.717) is 11.5 Å². The number of benzene rings is 1. The van der Waals surface area contributed by atoms with Gasteiger partial charge < -0.3 is 24.6 Å². The molecular formula is C16H21N3O3. The van der Waals surface area contributed by atoms with Crippen LogP contribution >= 0.6 is 0 Å². The Labute approximate surface area is 129 Å². The summed E-state index contributed by atoms with van der Waals surface area (Å²) in [5.41, 5.74) is 7.42. The normalized spacial score (nSPS) is 16.6. The molecule has 1 aliphatic rings. The van der Waals surface area contributed by atoms with Crippen molar-refractivity contribution in [2.75, 3.05) is 33.0 Å². The van der Waals surface area contributed by atoms with E-state index >= 15 is 0 Å². The van der Waals surface area contributed by atoms with Crippen LogP contribution in [0.1, 0.15) is 12.8 Å². The van der Waals surface area contributed by atoms with Crippen LogP contribution < -0.4 is 15.2 Å². The molecule has 1 aromatic carbocycles. The summed E-state index contributed by atoms with van der Waals surface area (Å²) in [4.78, 5) is 2.31. The molecular weight excluding hydrogens is 282 g/mol. The Kier molecular flexibility index (Phi) is 4.20. The van der Waals surface area contributed by atoms with Gasteiger partial charge in [0, 0.05) is 18.7 Å². The van der Waals surface area contributed by atoms with Crippen molar-refractivity contribution in [3.8, 4) is 22.6 Å². The molecule has 1 saturated heterocycles. The summed E-state index contributed by atoms with van der Waals surface area (Å²) in [5.74, 6) is 1.67. The summed E-state index contributed by atoms with van der Waals surface area (Å²) in [7, 11) is 3.76. The van der Waals surface area contributed by atoms with E-state index in [0.717, 1.165) is 37.1 Å². The van der Waals surface area contributed by atoms with Gasteiger partial charge in [-0.25, -0.2) is 0 Å². The number of rotatable bonds is 4. The van der Waals surface area contributed by atoms with Crippen LogP contribution in [0.3, 0.4) is 0 Å². The minimum absolute atomic E-state index is 0.173. The fraction of sp³-hybridized carbons (Fsp3) is 0.438. The molecule has 0 bridgehead atoms. The van der Waals surface area contributed by atoms with E-state index in [9.17, 15) is 0 Å². The Bertz CT molecular complexity index is 633. The molecule has 2 N–H and O–H groups in total. The van der Waals surface area contributed by atoms with Crippen LogP contribution in [0.2, 0.25) is 0 Å². The van der Waals surface area contributed by atoms with Gasteiger partial charge in [0.2, 0.25) is 5.88 Å². The number of hydrogen-bond acceptors (Lipinski definition) is 6. The number of para-hydroxylation sites is 1. The van der Waals surface area contributed by atoms with E-state index in [2.05, 4.69) is 17.1 Å². The number of likely N-dealkylation sites (tertiary alicyclic amines) is 1. The van der Waals surface area contributed by atoms with E-state index in [1.807, 2.05) is 18.2 Å². The van der Waals surface area contributed by atoms with Gasteiger partial charge in [-0.2, -0.15) is 0 Å². The molecule has 6 heteroatoms. The van der Waals surface area contributed by atoms with Crippen molar-refractivity contribution in [2.45, 2.75) is 18.9 Å². The number of nitrogens with zero attached hydrogens (tertiary/aromatic N) is 2. The molecule has 0 unspecified atom stereocenters. The molecule has 118 valence electrons. The van der Waals surface area contributed by atoms with Crippen LogP contribution in [-0.4, -0.2) is 43.4 Å². The molecule has 2 aromatic rings. The second-order valence-electron chi connectivity index (χ2n) is 5.56. The molecule has 1 aromatic heterocycles. The second-order valence-corrected chi connectivity index (χ2v) is 5.56. The average Bonchev–Trinajstić information content (AvgIpc) is 2.95. The third-order valence-corrected chi connectivity index (χ3v) is 4.04. The van der Waals surface area contributed by atoms with Crippen molar-refractivity contribution in [1.82, 2.24) is 10.1 Å². The largest absolute Gasteiger partial charge is 0.493 e. The molecule has 1 aliphatic heterocycles. The molecule has 22 heavy (non-hydrogen) atoms. The van der Waals surface area contributed by atoms with Gasteiger partial charge in [-0.1, -0.05) is 17.3 Å². The predicted octanol–water partition coefficient (Wildman–Crippen LogP) is 2.41. The lowest BCUT2D eigenvalue weighted by Gasteiger charge is -2.30. The monoisotopic (exact) mass is 303 g/mol. The van der Waals surface area contributed by atoms with Gasteiger partial charge in [0.05, 0.1) is 18.9 Å². The first-order valence-electron chi connectivity index (χ1n) is 7.41. The van der Waals surface area contributed by atoms with Crippen LogP contribution in [0.25, 0.3) is 11.1 Å². The quantitative estimate of drug-likeness (QED) is 0.935. The highest BCUT2D eigenvalue weighted by atomic mass is 16.5. The number of methoxy groups -OCH3 is 1. The van der Waals surface area contributed by atoms with Gasteiger partial charge in [0.25, 0.3) is 0 Å². The zero-order valence-corrected chi connectivity index (χ0v) is 12.9. The van der Waals surface area contributed by atoms with Crippen molar-refractivity contribution in [3.63, 3.8) is 0 Å². The van der Waals surface area contributed by atoms with Crippen LogP contribution in [0.4, 0.5) is 5.88 Å². The van der Waals surface area contributed by atoms with Crippen LogP contribution in [0.5, 0.6) is 11.5 Å². The molecule has 0 aliphatic carbocycles. The highest BCUT2D eigenvalue weighted by molar-refractivity contribution is 5.79. The average molecular weight is 303 g/mol. The summed E-state index contributed by atoms with van der Waals surface area (Å²) < 4.78 is 16.7. The van der Waals surface area contributed by atoms with E-state index in [4.69, 9.17) is 19.7 Å². The zero-order valence-electron chi connectivity index (χ0n) is 12.9. The molecule has 1 fully saturated rings. The van der Waals surface area contributed by atoms with Crippen LogP contribution in [0.15, 0.2) is 28.9 Å². The summed E-state index contributed by atoms with van der Waals surface area (Å²) in [5, 5.41) is 3.75. The fourth-order valence-electron chi connectivity index (χ4n) is 2.73. The molecule has 0 spiro atoms. The summed E-state index contributed by atoms with van der Waals surface area (Å²) >= 11 is 0. The fourth-order valence-corrected chi connectivity index (χ4v) is 2.73. The van der Waals surface area contributed by atoms with Crippen molar-refractivity contribution in [3.05, 3.63) is 24.4 Å². The van der Waals surface area contributed by atoms with Gasteiger partial charge in [0.15, 0.2) is 11.5 Å². The first-order chi connectivity index (χ1) is 10.7. The Hall–Kier alpha value is -2.21. The van der Waals surface area contributed by atoms with Crippen molar-refractivity contribution in [2.24, 2.45) is 0 Å². The molecule has 0 saturated carbocycles. The zero-order chi connectivity index (χ0) is 15.5. The summed E-state index contributed by atoms with van der Waals surface area (Å²) in [6.07, 6.45) is 3.76. The van der Waals surface area contributed by atoms with E-state index < -0.39 is 0 Å². The highest BCUT2D eigenvalue weighted by Crippen LogP contribution is 2.41. The maximum atomic E-state index is 6.26. The first-order valence-corrected chi connectivity index (χ1v) is 7.41. The topological polar surface area (TPSA) is 73.8 Å². The van der Waals surface area contributed by atoms with E-state index in [1.54, 1.807) is 13.3 Å². The number of nitrogens with two attached hydrogens (primary N) is 1. The van der Waals surface area contributed by atoms with E-state index in [-0.39, 0.29) is 12.0 Å². The third kappa shape index (κ3) is 2.87. The Morgan fingerprint density at radius 2 is 2.05 bits per heavy atom. The third-order valence-electron chi connectivity index (χ3n) is 4.04. The Morgan fingerprint density at radius 1 is 1.27 bits per heavy atom. The molecule has 3 rings (SSSR count). The van der Waals surface area contributed by atoms with Gasteiger partial charge in [-0.05, 0) is 26.0 Å². The summed E-state index contributed by atoms with van der Waals surface area (Å²) in [6, 6.07) is 5.73. The molecule has 2 heterocycles. The minimum atomic E-state index is 0.173. The Morgan fingerprint density at radius 3 is 2.68 bits per heavy atom.